The molecule has 3 atom stereocenters. The molecule has 13 heavy (non-hydrogen) atoms. The third kappa shape index (κ3) is 6.08. The van der Waals surface area contributed by atoms with E-state index in [1.807, 2.05) is 0 Å². The molecule has 0 aromatic heterocycles. The zero-order valence-corrected chi connectivity index (χ0v) is 7.94. The molecule has 6 nitrogen and oxygen atoms in total. The maximum atomic E-state index is 10.3. The minimum Gasteiger partial charge on any atom is -0.396 e. The maximum Gasteiger partial charge on any atom is 0.302 e. The van der Waals surface area contributed by atoms with E-state index in [1.165, 1.54) is 0 Å². The molecule has 0 aromatic carbocycles. The summed E-state index contributed by atoms with van der Waals surface area (Å²) in [5.74, 6) is 0. The molecule has 0 fully saturated rings. The van der Waals surface area contributed by atoms with E-state index in [0.717, 1.165) is 0 Å². The molecule has 7 heteroatoms. The summed E-state index contributed by atoms with van der Waals surface area (Å²) in [4.78, 5) is 0. The van der Waals surface area contributed by atoms with Crippen LogP contribution in [0.25, 0.3) is 0 Å². The number of nitrogens with two attached hydrogens (primary N) is 1. The summed E-state index contributed by atoms with van der Waals surface area (Å²) < 4.78 is 23.2. The first-order valence-corrected chi connectivity index (χ1v) is 4.90. The van der Waals surface area contributed by atoms with Gasteiger partial charge in [0.25, 0.3) is 0 Å². The fraction of sp³-hybridized carbons (Fsp3) is 1.00. The molecule has 0 rings (SSSR count). The second-order valence-electron chi connectivity index (χ2n) is 2.54. The molecule has 0 aromatic rings. The Balaban J connectivity index is 3.97. The van der Waals surface area contributed by atoms with E-state index in [-0.39, 0.29) is 26.1 Å². The monoisotopic (exact) mass is 213 g/mol. The van der Waals surface area contributed by atoms with E-state index in [9.17, 15) is 4.21 Å². The molecule has 0 aliphatic rings. The molecule has 0 heterocycles. The zero-order chi connectivity index (χ0) is 10.3. The highest BCUT2D eigenvalue weighted by Gasteiger charge is 2.19. The second kappa shape index (κ2) is 7.36. The Labute approximate surface area is 79.2 Å². The number of aliphatic hydroxyl groups is 2. The summed E-state index contributed by atoms with van der Waals surface area (Å²) in [5, 5.41) is 17.1. The van der Waals surface area contributed by atoms with Crippen LogP contribution in [0.4, 0.5) is 0 Å². The van der Waals surface area contributed by atoms with Gasteiger partial charge in [-0.15, -0.1) is 0 Å². The van der Waals surface area contributed by atoms with E-state index in [4.69, 9.17) is 20.5 Å². The quantitative estimate of drug-likeness (QED) is 0.387. The highest BCUT2D eigenvalue weighted by atomic mass is 32.2. The molecule has 0 spiro atoms. The lowest BCUT2D eigenvalue weighted by Crippen LogP contribution is -2.38. The number of aliphatic hydroxyl groups excluding tert-OH is 2. The zero-order valence-electron chi connectivity index (χ0n) is 7.13. The van der Waals surface area contributed by atoms with Crippen molar-refractivity contribution in [1.82, 2.24) is 0 Å². The van der Waals surface area contributed by atoms with Crippen LogP contribution in [0.3, 0.4) is 0 Å². The predicted molar refractivity (Wildman–Crippen MR) is 47.0 cm³/mol. The summed E-state index contributed by atoms with van der Waals surface area (Å²) in [5.41, 5.74) is 5.52. The fourth-order valence-electron chi connectivity index (χ4n) is 0.901. The van der Waals surface area contributed by atoms with Gasteiger partial charge in [0.2, 0.25) is 0 Å². The van der Waals surface area contributed by atoms with Crippen LogP contribution in [0.5, 0.6) is 0 Å². The van der Waals surface area contributed by atoms with E-state index in [2.05, 4.69) is 4.18 Å². The summed E-state index contributed by atoms with van der Waals surface area (Å²) >= 11 is -2.39. The highest BCUT2D eigenvalue weighted by molar-refractivity contribution is 7.74. The van der Waals surface area contributed by atoms with Gasteiger partial charge in [-0.2, -0.15) is 4.21 Å². The third-order valence-corrected chi connectivity index (χ3v) is 1.97. The van der Waals surface area contributed by atoms with Crippen LogP contribution >= 0.6 is 0 Å². The Hall–Kier alpha value is -0.0500. The number of rotatable bonds is 7. The fourth-order valence-corrected chi connectivity index (χ4v) is 1.35. The molecule has 5 N–H and O–H groups in total. The first kappa shape index (κ1) is 12.9. The molecule has 0 aliphatic heterocycles. The van der Waals surface area contributed by atoms with Gasteiger partial charge in [0, 0.05) is 19.3 Å². The molecule has 0 saturated carbocycles. The summed E-state index contributed by atoms with van der Waals surface area (Å²) in [6, 6.07) is -0.548. The lowest BCUT2D eigenvalue weighted by Gasteiger charge is -2.20. The summed E-state index contributed by atoms with van der Waals surface area (Å²) in [7, 11) is 0. The molecule has 0 amide bonds. The van der Waals surface area contributed by atoms with Gasteiger partial charge >= 0.3 is 11.4 Å². The third-order valence-electron chi connectivity index (χ3n) is 1.56. The van der Waals surface area contributed by atoms with E-state index in [0.29, 0.717) is 0 Å². The smallest absolute Gasteiger partial charge is 0.302 e. The number of hydrogen-bond donors (Lipinski definition) is 4. The molecule has 0 bridgehead atoms. The summed E-state index contributed by atoms with van der Waals surface area (Å²) in [6.07, 6.45) is -0.266. The van der Waals surface area contributed by atoms with Crippen molar-refractivity contribution < 1.29 is 23.2 Å². The predicted octanol–water partition coefficient (Wildman–Crippen LogP) is -1.40. The Bertz CT molecular complexity index is 156. The van der Waals surface area contributed by atoms with Crippen LogP contribution in [0, 0.1) is 0 Å². The average molecular weight is 213 g/mol. The molecule has 0 saturated heterocycles. The van der Waals surface area contributed by atoms with Crippen LogP contribution in [-0.4, -0.2) is 44.3 Å². The summed E-state index contributed by atoms with van der Waals surface area (Å²) in [6.45, 7) is -0.300. The topological polar surface area (TPSA) is 113 Å². The van der Waals surface area contributed by atoms with Crippen LogP contribution in [-0.2, 0) is 15.5 Å². The van der Waals surface area contributed by atoms with Gasteiger partial charge in [-0.25, -0.2) is 0 Å². The minimum absolute atomic E-state index is 0.121. The highest BCUT2D eigenvalue weighted by Crippen LogP contribution is 2.06. The largest absolute Gasteiger partial charge is 0.396 e. The van der Waals surface area contributed by atoms with Crippen molar-refractivity contribution in [3.8, 4) is 0 Å². The number of hydrogen-bond acceptors (Lipinski definition) is 5. The van der Waals surface area contributed by atoms with Crippen LogP contribution < -0.4 is 5.73 Å². The lowest BCUT2D eigenvalue weighted by atomic mass is 10.1. The molecule has 0 aliphatic carbocycles. The molecular weight excluding hydrogens is 198 g/mol. The average Bonchev–Trinajstić information content (AvgIpc) is 2.03. The normalized spacial score (nSPS) is 18.2. The van der Waals surface area contributed by atoms with E-state index >= 15 is 0 Å². The standard InChI is InChI=1S/C6H15NO5S/c7-5(1-3-8)6(2-4-9)12-13(10)11/h5-6,8-9H,1-4,7H2,(H,10,11). The Morgan fingerprint density at radius 1 is 1.31 bits per heavy atom. The van der Waals surface area contributed by atoms with Crippen molar-refractivity contribution >= 4 is 11.4 Å². The lowest BCUT2D eigenvalue weighted by molar-refractivity contribution is 0.121. The SMILES string of the molecule is NC(CCO)C(CCO)OS(=O)O. The van der Waals surface area contributed by atoms with Crippen molar-refractivity contribution in [1.29, 1.82) is 0 Å². The van der Waals surface area contributed by atoms with Crippen molar-refractivity contribution in [3.63, 3.8) is 0 Å². The van der Waals surface area contributed by atoms with Gasteiger partial charge in [-0.1, -0.05) is 0 Å². The van der Waals surface area contributed by atoms with Gasteiger partial charge in [0.05, 0.1) is 6.10 Å². The van der Waals surface area contributed by atoms with Crippen molar-refractivity contribution in [3.05, 3.63) is 0 Å². The molecule has 3 unspecified atom stereocenters. The Kier molecular flexibility index (Phi) is 7.33. The van der Waals surface area contributed by atoms with Crippen molar-refractivity contribution in [2.75, 3.05) is 13.2 Å². The van der Waals surface area contributed by atoms with Crippen LogP contribution in [0.2, 0.25) is 0 Å². The molecule has 80 valence electrons. The maximum absolute atomic E-state index is 10.3. The van der Waals surface area contributed by atoms with Gasteiger partial charge in [0.15, 0.2) is 0 Å². The first-order valence-electron chi connectivity index (χ1n) is 3.87. The van der Waals surface area contributed by atoms with Gasteiger partial charge in [0.1, 0.15) is 0 Å². The van der Waals surface area contributed by atoms with Gasteiger partial charge in [-0.05, 0) is 12.8 Å². The minimum atomic E-state index is -2.39. The van der Waals surface area contributed by atoms with Crippen LogP contribution in [0.15, 0.2) is 0 Å². The van der Waals surface area contributed by atoms with Gasteiger partial charge in [-0.3, -0.25) is 8.74 Å². The molecular formula is C6H15NO5S. The van der Waals surface area contributed by atoms with Crippen molar-refractivity contribution in [2.45, 2.75) is 25.0 Å². The van der Waals surface area contributed by atoms with Gasteiger partial charge < -0.3 is 15.9 Å². The Morgan fingerprint density at radius 2 is 1.85 bits per heavy atom. The van der Waals surface area contributed by atoms with Crippen LogP contribution in [0.1, 0.15) is 12.8 Å². The Morgan fingerprint density at radius 3 is 2.23 bits per heavy atom. The second-order valence-corrected chi connectivity index (χ2v) is 3.17. The first-order chi connectivity index (χ1) is 6.11. The van der Waals surface area contributed by atoms with E-state index in [1.54, 1.807) is 0 Å². The molecule has 0 radical (unpaired) electrons. The van der Waals surface area contributed by atoms with Crippen molar-refractivity contribution in [2.24, 2.45) is 5.73 Å². The van der Waals surface area contributed by atoms with E-state index < -0.39 is 23.5 Å².